The normalized spacial score (nSPS) is 11.3. The molecule has 2 heteroatoms. The lowest BCUT2D eigenvalue weighted by Gasteiger charge is -2.03. The van der Waals surface area contributed by atoms with Gasteiger partial charge in [0.25, 0.3) is 0 Å². The Morgan fingerprint density at radius 1 is 0.541 bits per heavy atom. The zero-order chi connectivity index (χ0) is 27.5. The lowest BCUT2D eigenvalue weighted by atomic mass is 10.0. The van der Waals surface area contributed by atoms with Crippen molar-refractivity contribution < 1.29 is 9.53 Å². The summed E-state index contributed by atoms with van der Waals surface area (Å²) in [5.74, 6) is -0.0651. The van der Waals surface area contributed by atoms with Crippen LogP contribution in [0.25, 0.3) is 0 Å². The van der Waals surface area contributed by atoms with Gasteiger partial charge in [0.15, 0.2) is 0 Å². The topological polar surface area (TPSA) is 26.3 Å². The molecular weight excluding hydrogens is 452 g/mol. The van der Waals surface area contributed by atoms with Crippen molar-refractivity contribution in [1.29, 1.82) is 0 Å². The molecule has 0 aliphatic rings. The largest absolute Gasteiger partial charge is 0.469 e. The van der Waals surface area contributed by atoms with E-state index < -0.39 is 0 Å². The van der Waals surface area contributed by atoms with Crippen LogP contribution in [0.2, 0.25) is 0 Å². The van der Waals surface area contributed by atoms with E-state index in [2.05, 4.69) is 61.6 Å². The number of ether oxygens (including phenoxy) is 1. The van der Waals surface area contributed by atoms with Gasteiger partial charge in [-0.05, 0) is 38.5 Å². The Balaban J connectivity index is 0. The molecule has 0 fully saturated rings. The minimum atomic E-state index is -0.0651. The summed E-state index contributed by atoms with van der Waals surface area (Å²) in [6, 6.07) is 0. The van der Waals surface area contributed by atoms with Crippen molar-refractivity contribution in [2.24, 2.45) is 0 Å². The highest BCUT2D eigenvalue weighted by Crippen LogP contribution is 2.13. The van der Waals surface area contributed by atoms with Gasteiger partial charge in [-0.2, -0.15) is 0 Å². The number of carbonyl (C=O) groups excluding carboxylic acids is 1. The van der Waals surface area contributed by atoms with Gasteiger partial charge in [-0.3, -0.25) is 4.79 Å². The molecule has 0 heterocycles. The number of carbonyl (C=O) groups is 1. The molecule has 0 saturated heterocycles. The zero-order valence-corrected chi connectivity index (χ0v) is 25.3. The SMILES string of the molecule is C=CC/C=C/C/C=C/C/C=C/CCCCC.CCCCCCCCCCCCCCCCCC(=O)OC. The maximum atomic E-state index is 10.9. The minimum absolute atomic E-state index is 0.0651. The lowest BCUT2D eigenvalue weighted by Crippen LogP contribution is -1.99. The highest BCUT2D eigenvalue weighted by molar-refractivity contribution is 5.68. The van der Waals surface area contributed by atoms with Crippen LogP contribution in [-0.2, 0) is 9.53 Å². The summed E-state index contributed by atoms with van der Waals surface area (Å²) in [6.45, 7) is 8.19. The first kappa shape index (κ1) is 37.6. The third-order valence-electron chi connectivity index (χ3n) is 6.53. The van der Waals surface area contributed by atoms with E-state index in [9.17, 15) is 4.79 Å². The quantitative estimate of drug-likeness (QED) is 0.0649. The van der Waals surface area contributed by atoms with E-state index in [-0.39, 0.29) is 5.97 Å². The molecule has 0 aromatic rings. The summed E-state index contributed by atoms with van der Waals surface area (Å²) < 4.78 is 4.63. The summed E-state index contributed by atoms with van der Waals surface area (Å²) in [7, 11) is 1.47. The molecule has 0 N–H and O–H groups in total. The van der Waals surface area contributed by atoms with Crippen molar-refractivity contribution in [3.8, 4) is 0 Å². The summed E-state index contributed by atoms with van der Waals surface area (Å²) in [6.07, 6.45) is 44.5. The number of esters is 1. The van der Waals surface area contributed by atoms with Crippen LogP contribution in [0, 0.1) is 0 Å². The van der Waals surface area contributed by atoms with Crippen LogP contribution in [0.1, 0.15) is 162 Å². The van der Waals surface area contributed by atoms with E-state index in [4.69, 9.17) is 0 Å². The van der Waals surface area contributed by atoms with E-state index >= 15 is 0 Å². The van der Waals surface area contributed by atoms with Crippen molar-refractivity contribution in [2.75, 3.05) is 7.11 Å². The van der Waals surface area contributed by atoms with Gasteiger partial charge in [-0.1, -0.05) is 159 Å². The fourth-order valence-electron chi connectivity index (χ4n) is 4.11. The number of rotatable bonds is 26. The number of allylic oxidation sites excluding steroid dienone is 7. The third kappa shape index (κ3) is 39.1. The molecule has 0 aliphatic heterocycles. The molecule has 0 radical (unpaired) electrons. The maximum Gasteiger partial charge on any atom is 0.305 e. The van der Waals surface area contributed by atoms with E-state index in [1.807, 2.05) is 6.08 Å². The van der Waals surface area contributed by atoms with Gasteiger partial charge in [0, 0.05) is 6.42 Å². The van der Waals surface area contributed by atoms with Gasteiger partial charge in [-0.25, -0.2) is 0 Å². The molecule has 0 aromatic carbocycles. The van der Waals surface area contributed by atoms with Crippen LogP contribution < -0.4 is 0 Å². The standard InChI is InChI=1S/C19H38O2.C16H26/c1-3-4-5-6-7-8-9-10-11-12-13-14-15-16-17-18-19(20)21-2;1-3-5-7-9-11-13-15-16-14-12-10-8-6-4-2/h3-18H2,1-2H3;3,7,9,12-15H,1,4-6,8,10-11,16H2,2H3/b;9-7+,14-12+,15-13+. The molecule has 0 aromatic heterocycles. The Hall–Kier alpha value is -1.57. The minimum Gasteiger partial charge on any atom is -0.469 e. The predicted molar refractivity (Wildman–Crippen MR) is 167 cm³/mol. The summed E-state index contributed by atoms with van der Waals surface area (Å²) >= 11 is 0. The number of hydrogen-bond acceptors (Lipinski definition) is 2. The third-order valence-corrected chi connectivity index (χ3v) is 6.53. The van der Waals surface area contributed by atoms with Crippen molar-refractivity contribution in [3.05, 3.63) is 49.1 Å². The lowest BCUT2D eigenvalue weighted by molar-refractivity contribution is -0.140. The Bertz CT molecular complexity index is 529. The van der Waals surface area contributed by atoms with Crippen LogP contribution in [0.3, 0.4) is 0 Å². The fraction of sp³-hybridized carbons (Fsp3) is 0.743. The smallest absolute Gasteiger partial charge is 0.305 e. The Labute approximate surface area is 233 Å². The molecule has 2 nitrogen and oxygen atoms in total. The molecule has 0 spiro atoms. The first-order valence-corrected chi connectivity index (χ1v) is 15.9. The maximum absolute atomic E-state index is 10.9. The van der Waals surface area contributed by atoms with Gasteiger partial charge < -0.3 is 4.74 Å². The first-order valence-electron chi connectivity index (χ1n) is 15.9. The average Bonchev–Trinajstić information content (AvgIpc) is 2.91. The first-order chi connectivity index (χ1) is 18.2. The van der Waals surface area contributed by atoms with Crippen molar-refractivity contribution in [1.82, 2.24) is 0 Å². The summed E-state index contributed by atoms with van der Waals surface area (Å²) in [4.78, 5) is 10.9. The van der Waals surface area contributed by atoms with E-state index in [0.29, 0.717) is 6.42 Å². The molecule has 37 heavy (non-hydrogen) atoms. The molecular formula is C35H64O2. The molecule has 0 bridgehead atoms. The van der Waals surface area contributed by atoms with Gasteiger partial charge >= 0.3 is 5.97 Å². The number of unbranched alkanes of at least 4 members (excludes halogenated alkanes) is 17. The summed E-state index contributed by atoms with van der Waals surface area (Å²) in [5.41, 5.74) is 0. The zero-order valence-electron chi connectivity index (χ0n) is 25.3. The number of methoxy groups -OCH3 is 1. The second-order valence-electron chi connectivity index (χ2n) is 10.2. The van der Waals surface area contributed by atoms with Crippen LogP contribution in [-0.4, -0.2) is 13.1 Å². The summed E-state index contributed by atoms with van der Waals surface area (Å²) in [5, 5.41) is 0. The molecule has 0 aliphatic carbocycles. The highest BCUT2D eigenvalue weighted by atomic mass is 16.5. The number of hydrogen-bond donors (Lipinski definition) is 0. The second-order valence-corrected chi connectivity index (χ2v) is 10.2. The second kappa shape index (κ2) is 36.6. The highest BCUT2D eigenvalue weighted by Gasteiger charge is 1.99. The van der Waals surface area contributed by atoms with Gasteiger partial charge in [0.1, 0.15) is 0 Å². The molecule has 0 rings (SSSR count). The monoisotopic (exact) mass is 516 g/mol. The average molecular weight is 517 g/mol. The van der Waals surface area contributed by atoms with E-state index in [0.717, 1.165) is 25.7 Å². The van der Waals surface area contributed by atoms with Crippen LogP contribution in [0.5, 0.6) is 0 Å². The molecule has 0 atom stereocenters. The molecule has 216 valence electrons. The van der Waals surface area contributed by atoms with Crippen molar-refractivity contribution in [3.63, 3.8) is 0 Å². The van der Waals surface area contributed by atoms with Crippen LogP contribution in [0.4, 0.5) is 0 Å². The molecule has 0 unspecified atom stereocenters. The van der Waals surface area contributed by atoms with E-state index in [1.165, 1.54) is 123 Å². The van der Waals surface area contributed by atoms with Gasteiger partial charge in [-0.15, -0.1) is 6.58 Å². The van der Waals surface area contributed by atoms with Gasteiger partial charge in [0.05, 0.1) is 7.11 Å². The Morgan fingerprint density at radius 3 is 1.35 bits per heavy atom. The van der Waals surface area contributed by atoms with Crippen LogP contribution >= 0.6 is 0 Å². The van der Waals surface area contributed by atoms with Crippen molar-refractivity contribution >= 4 is 5.97 Å². The predicted octanol–water partition coefficient (Wildman–Crippen LogP) is 12.0. The molecule has 0 saturated carbocycles. The van der Waals surface area contributed by atoms with E-state index in [1.54, 1.807) is 0 Å². The molecule has 0 amide bonds. The Kier molecular flexibility index (Phi) is 37.2. The van der Waals surface area contributed by atoms with Crippen LogP contribution in [0.15, 0.2) is 49.1 Å². The van der Waals surface area contributed by atoms with Gasteiger partial charge in [0.2, 0.25) is 0 Å². The van der Waals surface area contributed by atoms with Crippen molar-refractivity contribution in [2.45, 2.75) is 162 Å². The Morgan fingerprint density at radius 2 is 0.919 bits per heavy atom. The fourth-order valence-corrected chi connectivity index (χ4v) is 4.11.